The monoisotopic (exact) mass is 309 g/mol. The van der Waals surface area contributed by atoms with Crippen LogP contribution in [0.2, 0.25) is 4.34 Å². The number of hydrogen-bond acceptors (Lipinski definition) is 6. The predicted molar refractivity (Wildman–Crippen MR) is 70.1 cm³/mol. The third-order valence-electron chi connectivity index (χ3n) is 2.04. The molecule has 0 aliphatic carbocycles. The summed E-state index contributed by atoms with van der Waals surface area (Å²) in [6, 6.07) is 3.58. The number of halogens is 1. The minimum absolute atomic E-state index is 0.176. The van der Waals surface area contributed by atoms with Crippen molar-refractivity contribution in [1.29, 1.82) is 0 Å². The molecule has 0 aromatic carbocycles. The molecule has 0 bridgehead atoms. The second kappa shape index (κ2) is 5.03. The van der Waals surface area contributed by atoms with Gasteiger partial charge < -0.3 is 0 Å². The van der Waals surface area contributed by atoms with Crippen LogP contribution in [0.5, 0.6) is 0 Å². The fraction of sp³-hybridized carbons (Fsp3) is 0.222. The van der Waals surface area contributed by atoms with Gasteiger partial charge in [0.05, 0.1) is 22.0 Å². The Morgan fingerprint density at radius 1 is 1.47 bits per heavy atom. The third kappa shape index (κ3) is 3.05. The molecule has 4 nitrogen and oxygen atoms in total. The zero-order valence-corrected chi connectivity index (χ0v) is 11.9. The first-order valence-electron chi connectivity index (χ1n) is 4.49. The molecule has 0 saturated heterocycles. The topological polar surface area (TPSA) is 56.3 Å². The van der Waals surface area contributed by atoms with Gasteiger partial charge >= 0.3 is 0 Å². The van der Waals surface area contributed by atoms with Crippen LogP contribution < -0.4 is 0 Å². The summed E-state index contributed by atoms with van der Waals surface area (Å²) < 4.78 is 32.0. The number of rotatable bonds is 4. The maximum atomic E-state index is 11.4. The van der Waals surface area contributed by atoms with E-state index in [4.69, 9.17) is 11.6 Å². The van der Waals surface area contributed by atoms with Crippen LogP contribution in [-0.2, 0) is 20.1 Å². The van der Waals surface area contributed by atoms with E-state index in [2.05, 4.69) is 8.56 Å². The molecule has 2 aromatic rings. The molecular weight excluding hydrogens is 302 g/mol. The molecule has 92 valence electrons. The van der Waals surface area contributed by atoms with Gasteiger partial charge in [-0.3, -0.25) is 4.18 Å². The summed E-state index contributed by atoms with van der Waals surface area (Å²) in [5, 5.41) is 1.71. The Kier molecular flexibility index (Phi) is 3.84. The molecule has 0 spiro atoms. The lowest BCUT2D eigenvalue weighted by Gasteiger charge is -2.00. The number of nitrogens with zero attached hydrogens (tertiary/aromatic N) is 1. The summed E-state index contributed by atoms with van der Waals surface area (Å²) in [5.41, 5.74) is 1.29. The van der Waals surface area contributed by atoms with Crippen LogP contribution in [0.15, 0.2) is 17.5 Å². The van der Waals surface area contributed by atoms with E-state index in [1.165, 1.54) is 22.9 Å². The highest BCUT2D eigenvalue weighted by Gasteiger charge is 2.17. The Morgan fingerprint density at radius 2 is 2.24 bits per heavy atom. The summed E-state index contributed by atoms with van der Waals surface area (Å²) in [5.74, 6) is -0.176. The van der Waals surface area contributed by atoms with Gasteiger partial charge in [-0.05, 0) is 23.7 Å². The summed E-state index contributed by atoms with van der Waals surface area (Å²) in [4.78, 5) is 0.859. The molecule has 0 N–H and O–H groups in total. The van der Waals surface area contributed by atoms with Gasteiger partial charge in [-0.15, -0.1) is 11.3 Å². The van der Waals surface area contributed by atoms with Crippen LogP contribution in [0.1, 0.15) is 5.56 Å². The first-order chi connectivity index (χ1) is 8.02. The van der Waals surface area contributed by atoms with Crippen molar-refractivity contribution in [2.24, 2.45) is 0 Å². The fourth-order valence-corrected chi connectivity index (χ4v) is 3.90. The van der Waals surface area contributed by atoms with Crippen LogP contribution in [-0.4, -0.2) is 19.9 Å². The second-order valence-electron chi connectivity index (χ2n) is 3.16. The summed E-state index contributed by atoms with van der Waals surface area (Å²) in [6.07, 6.45) is 0. The molecule has 0 amide bonds. The third-order valence-corrected chi connectivity index (χ3v) is 5.12. The van der Waals surface area contributed by atoms with Crippen LogP contribution in [0.4, 0.5) is 0 Å². The lowest BCUT2D eigenvalue weighted by Crippen LogP contribution is -2.05. The lowest BCUT2D eigenvalue weighted by atomic mass is 10.2. The van der Waals surface area contributed by atoms with Gasteiger partial charge in [0.1, 0.15) is 5.75 Å². The Bertz CT molecular complexity index is 617. The van der Waals surface area contributed by atoms with Gasteiger partial charge in [0.2, 0.25) is 0 Å². The van der Waals surface area contributed by atoms with Crippen molar-refractivity contribution in [1.82, 2.24) is 4.37 Å². The molecule has 2 heterocycles. The van der Waals surface area contributed by atoms with Gasteiger partial charge in [-0.1, -0.05) is 11.6 Å². The lowest BCUT2D eigenvalue weighted by molar-refractivity contribution is 0.397. The quantitative estimate of drug-likeness (QED) is 0.815. The molecule has 17 heavy (non-hydrogen) atoms. The van der Waals surface area contributed by atoms with E-state index in [0.717, 1.165) is 12.0 Å². The van der Waals surface area contributed by atoms with E-state index in [9.17, 15) is 8.42 Å². The highest BCUT2D eigenvalue weighted by Crippen LogP contribution is 2.33. The summed E-state index contributed by atoms with van der Waals surface area (Å²) in [7, 11) is -2.38. The van der Waals surface area contributed by atoms with Crippen molar-refractivity contribution >= 4 is 44.6 Å². The smallest absolute Gasteiger partial charge is 0.271 e. The van der Waals surface area contributed by atoms with Crippen molar-refractivity contribution in [3.63, 3.8) is 0 Å². The second-order valence-corrected chi connectivity index (χ2v) is 7.24. The van der Waals surface area contributed by atoms with Crippen LogP contribution >= 0.6 is 34.5 Å². The zero-order chi connectivity index (χ0) is 12.5. The van der Waals surface area contributed by atoms with E-state index in [-0.39, 0.29) is 5.75 Å². The minimum atomic E-state index is -3.53. The Labute approximate surface area is 112 Å². The van der Waals surface area contributed by atoms with Gasteiger partial charge in [0.25, 0.3) is 10.1 Å². The Hall–Kier alpha value is -0.470. The zero-order valence-electron chi connectivity index (χ0n) is 8.71. The highest BCUT2D eigenvalue weighted by atomic mass is 35.5. The Morgan fingerprint density at radius 3 is 2.82 bits per heavy atom. The first-order valence-corrected chi connectivity index (χ1v) is 8.10. The maximum Gasteiger partial charge on any atom is 0.271 e. The van der Waals surface area contributed by atoms with Crippen molar-refractivity contribution in [3.8, 4) is 10.6 Å². The minimum Gasteiger partial charge on any atom is -0.273 e. The first kappa shape index (κ1) is 13.0. The molecular formula is C9H8ClNO3S3. The molecule has 0 saturated carbocycles. The van der Waals surface area contributed by atoms with Crippen molar-refractivity contribution in [2.75, 3.05) is 7.11 Å². The average Bonchev–Trinajstić information content (AvgIpc) is 2.86. The van der Waals surface area contributed by atoms with Gasteiger partial charge in [0.15, 0.2) is 0 Å². The van der Waals surface area contributed by atoms with Gasteiger partial charge in [-0.2, -0.15) is 12.8 Å². The molecule has 0 radical (unpaired) electrons. The van der Waals surface area contributed by atoms with Crippen LogP contribution in [0.25, 0.3) is 10.6 Å². The molecule has 0 fully saturated rings. The molecule has 2 rings (SSSR count). The fourth-order valence-electron chi connectivity index (χ4n) is 1.25. The highest BCUT2D eigenvalue weighted by molar-refractivity contribution is 7.85. The molecule has 0 aliphatic heterocycles. The van der Waals surface area contributed by atoms with E-state index in [1.54, 1.807) is 11.4 Å². The average molecular weight is 310 g/mol. The number of thiophene rings is 1. The molecule has 0 atom stereocenters. The summed E-state index contributed by atoms with van der Waals surface area (Å²) >= 11 is 8.42. The Balaban J connectivity index is 2.36. The SMILES string of the molecule is COS(=O)(=O)Cc1csnc1-c1ccc(Cl)s1. The van der Waals surface area contributed by atoms with E-state index in [0.29, 0.717) is 15.6 Å². The van der Waals surface area contributed by atoms with Crippen molar-refractivity contribution < 1.29 is 12.6 Å². The van der Waals surface area contributed by atoms with Gasteiger partial charge in [0, 0.05) is 10.9 Å². The van der Waals surface area contributed by atoms with E-state index in [1.807, 2.05) is 6.07 Å². The van der Waals surface area contributed by atoms with Crippen LogP contribution in [0.3, 0.4) is 0 Å². The summed E-state index contributed by atoms with van der Waals surface area (Å²) in [6.45, 7) is 0. The van der Waals surface area contributed by atoms with Gasteiger partial charge in [-0.25, -0.2) is 0 Å². The largest absolute Gasteiger partial charge is 0.273 e. The predicted octanol–water partition coefficient (Wildman–Crippen LogP) is 3.00. The van der Waals surface area contributed by atoms with Crippen molar-refractivity contribution in [3.05, 3.63) is 27.4 Å². The number of hydrogen-bond donors (Lipinski definition) is 0. The van der Waals surface area contributed by atoms with Crippen molar-refractivity contribution in [2.45, 2.75) is 5.75 Å². The van der Waals surface area contributed by atoms with E-state index >= 15 is 0 Å². The molecule has 0 aliphatic rings. The normalized spacial score (nSPS) is 11.9. The van der Waals surface area contributed by atoms with Crippen LogP contribution in [0, 0.1) is 0 Å². The maximum absolute atomic E-state index is 11.4. The molecule has 0 unspecified atom stereocenters. The van der Waals surface area contributed by atoms with E-state index < -0.39 is 10.1 Å². The molecule has 2 aromatic heterocycles. The number of aromatic nitrogens is 1. The standard InChI is InChI=1S/C9H8ClNO3S3/c1-14-17(12,13)5-6-4-15-11-9(6)7-2-3-8(10)16-7/h2-4H,5H2,1H3. The molecule has 8 heteroatoms.